The van der Waals surface area contributed by atoms with Crippen LogP contribution in [0.1, 0.15) is 30.3 Å². The number of nitrogens with zero attached hydrogens (tertiary/aromatic N) is 3. The van der Waals surface area contributed by atoms with Gasteiger partial charge in [0.25, 0.3) is 0 Å². The van der Waals surface area contributed by atoms with E-state index in [0.29, 0.717) is 23.7 Å². The van der Waals surface area contributed by atoms with Crippen LogP contribution in [-0.4, -0.2) is 52.3 Å². The van der Waals surface area contributed by atoms with Crippen molar-refractivity contribution in [2.75, 3.05) is 19.7 Å². The zero-order valence-electron chi connectivity index (χ0n) is 16.7. The van der Waals surface area contributed by atoms with Gasteiger partial charge in [0.15, 0.2) is 6.61 Å². The first-order chi connectivity index (χ1) is 14.6. The van der Waals surface area contributed by atoms with Gasteiger partial charge in [0.1, 0.15) is 11.9 Å². The number of likely N-dealkylation sites (tertiary alicyclic amines) is 1. The van der Waals surface area contributed by atoms with Crippen molar-refractivity contribution in [3.63, 3.8) is 0 Å². The fourth-order valence-corrected chi connectivity index (χ4v) is 3.55. The lowest BCUT2D eigenvalue weighted by Crippen LogP contribution is -2.44. The summed E-state index contributed by atoms with van der Waals surface area (Å²) in [5, 5.41) is 3.57. The summed E-state index contributed by atoms with van der Waals surface area (Å²) in [6.45, 7) is -1.34. The molecule has 0 aliphatic carbocycles. The molecule has 0 spiro atoms. The van der Waals surface area contributed by atoms with Crippen LogP contribution < -0.4 is 5.32 Å². The van der Waals surface area contributed by atoms with Crippen LogP contribution in [0.5, 0.6) is 0 Å². The van der Waals surface area contributed by atoms with Gasteiger partial charge in [0, 0.05) is 43.5 Å². The maximum Gasteiger partial charge on any atom is 0.422 e. The monoisotopic (exact) mass is 458 g/mol. The van der Waals surface area contributed by atoms with Crippen LogP contribution in [0, 0.1) is 5.92 Å². The average molecular weight is 459 g/mol. The van der Waals surface area contributed by atoms with Gasteiger partial charge in [-0.05, 0) is 30.5 Å². The fourth-order valence-electron chi connectivity index (χ4n) is 3.43. The Labute approximate surface area is 182 Å². The summed E-state index contributed by atoms with van der Waals surface area (Å²) in [4.78, 5) is 30.2. The number of rotatable bonds is 5. The van der Waals surface area contributed by atoms with Gasteiger partial charge >= 0.3 is 12.3 Å². The molecule has 31 heavy (non-hydrogen) atoms. The SMILES string of the molecule is Cn1ccnc1[C@@H](NC(=O)C1CCN(C(=O)OCC(F)(F)F)CC1)c1ccc(Cl)cc1. The first-order valence-corrected chi connectivity index (χ1v) is 10.0. The van der Waals surface area contributed by atoms with Gasteiger partial charge < -0.3 is 19.5 Å². The lowest BCUT2D eigenvalue weighted by atomic mass is 9.95. The number of imidazole rings is 1. The van der Waals surface area contributed by atoms with Crippen LogP contribution in [-0.2, 0) is 16.6 Å². The third-order valence-electron chi connectivity index (χ3n) is 5.09. The highest BCUT2D eigenvalue weighted by atomic mass is 35.5. The number of alkyl halides is 3. The Morgan fingerprint density at radius 3 is 2.45 bits per heavy atom. The molecule has 2 aromatic rings. The van der Waals surface area contributed by atoms with Crippen molar-refractivity contribution in [2.45, 2.75) is 25.1 Å². The van der Waals surface area contributed by atoms with Crippen LogP contribution in [0.2, 0.25) is 5.02 Å². The molecular formula is C20H22ClF3N4O3. The number of amides is 2. The predicted octanol–water partition coefficient (Wildman–Crippen LogP) is 3.69. The number of nitrogens with one attached hydrogen (secondary N) is 1. The smallest absolute Gasteiger partial charge is 0.422 e. The topological polar surface area (TPSA) is 76.5 Å². The molecule has 1 aliphatic heterocycles. The molecule has 0 bridgehead atoms. The lowest BCUT2D eigenvalue weighted by molar-refractivity contribution is -0.162. The molecule has 1 N–H and O–H groups in total. The number of aromatic nitrogens is 2. The van der Waals surface area contributed by atoms with Gasteiger partial charge in [-0.3, -0.25) is 4.79 Å². The first kappa shape index (κ1) is 22.9. The van der Waals surface area contributed by atoms with Gasteiger partial charge in [-0.1, -0.05) is 23.7 Å². The van der Waals surface area contributed by atoms with Crippen LogP contribution in [0.15, 0.2) is 36.7 Å². The highest BCUT2D eigenvalue weighted by molar-refractivity contribution is 6.30. The second-order valence-corrected chi connectivity index (χ2v) is 7.76. The zero-order chi connectivity index (χ0) is 22.6. The molecule has 0 saturated carbocycles. The number of benzene rings is 1. The molecule has 168 valence electrons. The van der Waals surface area contributed by atoms with Crippen LogP contribution in [0.4, 0.5) is 18.0 Å². The number of halogens is 4. The van der Waals surface area contributed by atoms with E-state index in [1.165, 1.54) is 4.90 Å². The molecule has 1 aromatic heterocycles. The second kappa shape index (κ2) is 9.59. The quantitative estimate of drug-likeness (QED) is 0.741. The molecule has 1 aromatic carbocycles. The number of aryl methyl sites for hydroxylation is 1. The highest BCUT2D eigenvalue weighted by Crippen LogP contribution is 2.25. The molecule has 1 atom stereocenters. The molecule has 7 nitrogen and oxygen atoms in total. The van der Waals surface area contributed by atoms with E-state index in [1.54, 1.807) is 41.2 Å². The number of piperidine rings is 1. The number of ether oxygens (including phenoxy) is 1. The van der Waals surface area contributed by atoms with Gasteiger partial charge in [-0.15, -0.1) is 0 Å². The Balaban J connectivity index is 1.62. The minimum absolute atomic E-state index is 0.142. The Hall–Kier alpha value is -2.75. The third kappa shape index (κ3) is 6.13. The van der Waals surface area contributed by atoms with Crippen molar-refractivity contribution < 1.29 is 27.5 Å². The van der Waals surface area contributed by atoms with Crippen molar-refractivity contribution in [3.05, 3.63) is 53.1 Å². The molecule has 1 saturated heterocycles. The van der Waals surface area contributed by atoms with Gasteiger partial charge in [-0.2, -0.15) is 13.2 Å². The van der Waals surface area contributed by atoms with Gasteiger partial charge in [0.05, 0.1) is 0 Å². The molecule has 1 fully saturated rings. The van der Waals surface area contributed by atoms with Crippen LogP contribution in [0.25, 0.3) is 0 Å². The van der Waals surface area contributed by atoms with Crippen molar-refractivity contribution in [3.8, 4) is 0 Å². The Morgan fingerprint density at radius 1 is 1.26 bits per heavy atom. The van der Waals surface area contributed by atoms with Crippen molar-refractivity contribution >= 4 is 23.6 Å². The summed E-state index contributed by atoms with van der Waals surface area (Å²) in [5.41, 5.74) is 0.806. The standard InChI is InChI=1S/C20H22ClF3N4O3/c1-27-11-8-25-17(27)16(13-2-4-15(21)5-3-13)26-18(29)14-6-9-28(10-7-14)19(30)31-12-20(22,23)24/h2-5,8,11,14,16H,6-7,9-10,12H2,1H3,(H,26,29)/t16-/m0/s1. The second-order valence-electron chi connectivity index (χ2n) is 7.32. The van der Waals surface area contributed by atoms with Crippen LogP contribution >= 0.6 is 11.6 Å². The fraction of sp³-hybridized carbons (Fsp3) is 0.450. The minimum Gasteiger partial charge on any atom is -0.440 e. The molecule has 1 aliphatic rings. The van der Waals surface area contributed by atoms with E-state index in [0.717, 1.165) is 5.56 Å². The minimum atomic E-state index is -4.57. The molecular weight excluding hydrogens is 437 g/mol. The highest BCUT2D eigenvalue weighted by Gasteiger charge is 2.33. The first-order valence-electron chi connectivity index (χ1n) is 9.65. The predicted molar refractivity (Wildman–Crippen MR) is 106 cm³/mol. The summed E-state index contributed by atoms with van der Waals surface area (Å²) in [5.74, 6) is 0.0387. The van der Waals surface area contributed by atoms with Crippen molar-refractivity contribution in [2.24, 2.45) is 13.0 Å². The van der Waals surface area contributed by atoms with Crippen molar-refractivity contribution in [1.29, 1.82) is 0 Å². The van der Waals surface area contributed by atoms with Gasteiger partial charge in [-0.25, -0.2) is 9.78 Å². The molecule has 11 heteroatoms. The zero-order valence-corrected chi connectivity index (χ0v) is 17.5. The molecule has 2 amide bonds. The number of carbonyl (C=O) groups is 2. The summed E-state index contributed by atoms with van der Waals surface area (Å²) in [6.07, 6.45) is -1.55. The van der Waals surface area contributed by atoms with E-state index in [2.05, 4.69) is 15.0 Å². The lowest BCUT2D eigenvalue weighted by Gasteiger charge is -2.31. The number of hydrogen-bond donors (Lipinski definition) is 1. The van der Waals surface area contributed by atoms with E-state index < -0.39 is 24.9 Å². The Morgan fingerprint density at radius 2 is 1.90 bits per heavy atom. The molecule has 3 rings (SSSR count). The van der Waals surface area contributed by atoms with E-state index in [-0.39, 0.29) is 24.9 Å². The van der Waals surface area contributed by atoms with E-state index >= 15 is 0 Å². The number of hydrogen-bond acceptors (Lipinski definition) is 4. The van der Waals surface area contributed by atoms with Gasteiger partial charge in [0.2, 0.25) is 5.91 Å². The maximum absolute atomic E-state index is 12.9. The van der Waals surface area contributed by atoms with E-state index in [9.17, 15) is 22.8 Å². The normalized spacial score (nSPS) is 16.1. The Bertz CT molecular complexity index is 909. The Kier molecular flexibility index (Phi) is 7.09. The largest absolute Gasteiger partial charge is 0.440 e. The summed E-state index contributed by atoms with van der Waals surface area (Å²) in [7, 11) is 1.82. The molecule has 0 unspecified atom stereocenters. The summed E-state index contributed by atoms with van der Waals surface area (Å²) < 4.78 is 42.7. The number of carbonyl (C=O) groups excluding carboxylic acids is 2. The van der Waals surface area contributed by atoms with E-state index in [1.807, 2.05) is 7.05 Å². The molecule has 2 heterocycles. The average Bonchev–Trinajstić information content (AvgIpc) is 3.16. The molecule has 0 radical (unpaired) electrons. The van der Waals surface area contributed by atoms with E-state index in [4.69, 9.17) is 11.6 Å². The summed E-state index contributed by atoms with van der Waals surface area (Å²) >= 11 is 5.97. The maximum atomic E-state index is 12.9. The van der Waals surface area contributed by atoms with Crippen molar-refractivity contribution in [1.82, 2.24) is 19.8 Å². The third-order valence-corrected chi connectivity index (χ3v) is 5.34. The van der Waals surface area contributed by atoms with Crippen LogP contribution in [0.3, 0.4) is 0 Å². The summed E-state index contributed by atoms with van der Waals surface area (Å²) in [6, 6.07) is 6.57.